The van der Waals surface area contributed by atoms with E-state index in [2.05, 4.69) is 79.8 Å². The predicted molar refractivity (Wildman–Crippen MR) is 102 cm³/mol. The Morgan fingerprint density at radius 3 is 2.12 bits per heavy atom. The number of ether oxygens (including phenoxy) is 1. The molecule has 3 unspecified atom stereocenters. The minimum absolute atomic E-state index is 0.207. The van der Waals surface area contributed by atoms with Crippen molar-refractivity contribution in [2.24, 2.45) is 10.9 Å². The first-order valence-electron chi connectivity index (χ1n) is 9.29. The van der Waals surface area contributed by atoms with Gasteiger partial charge in [0.15, 0.2) is 0 Å². The van der Waals surface area contributed by atoms with E-state index >= 15 is 0 Å². The Morgan fingerprint density at radius 2 is 1.52 bits per heavy atom. The van der Waals surface area contributed by atoms with E-state index < -0.39 is 5.54 Å². The van der Waals surface area contributed by atoms with Gasteiger partial charge in [0.05, 0.1) is 6.04 Å². The fourth-order valence-electron chi connectivity index (χ4n) is 4.03. The summed E-state index contributed by atoms with van der Waals surface area (Å²) in [6.07, 6.45) is 2.43. The van der Waals surface area contributed by atoms with E-state index in [0.717, 1.165) is 5.90 Å². The lowest BCUT2D eigenvalue weighted by Gasteiger charge is -2.33. The quantitative estimate of drug-likeness (QED) is 0.915. The molecule has 2 aliphatic heterocycles. The number of hydrogen-bond donors (Lipinski definition) is 1. The minimum atomic E-state index is -0.445. The van der Waals surface area contributed by atoms with Gasteiger partial charge in [-0.25, -0.2) is 4.99 Å². The Morgan fingerprint density at radius 1 is 0.920 bits per heavy atom. The van der Waals surface area contributed by atoms with Crippen LogP contribution in [0.25, 0.3) is 0 Å². The molecular weight excluding hydrogens is 308 g/mol. The molecular formula is C22H26N2O. The summed E-state index contributed by atoms with van der Waals surface area (Å²) in [7, 11) is 0. The maximum atomic E-state index is 6.22. The zero-order chi connectivity index (χ0) is 17.3. The number of nitrogens with one attached hydrogen (secondary N) is 1. The standard InChI is InChI=1S/C22H26N2O/c1-16-13-14-17(2)23-20(16)21-24-22(15-25-21,18-9-5-3-6-10-18)19-11-7-4-8-12-19/h3-12,16-17,20,23H,13-15H2,1-2H3. The molecule has 1 saturated heterocycles. The summed E-state index contributed by atoms with van der Waals surface area (Å²) in [5.74, 6) is 1.41. The van der Waals surface area contributed by atoms with Gasteiger partial charge >= 0.3 is 0 Å². The third-order valence-electron chi connectivity index (χ3n) is 5.59. The number of hydrogen-bond acceptors (Lipinski definition) is 3. The minimum Gasteiger partial charge on any atom is -0.476 e. The summed E-state index contributed by atoms with van der Waals surface area (Å²) in [6, 6.07) is 21.8. The maximum Gasteiger partial charge on any atom is 0.202 e. The van der Waals surface area contributed by atoms with Gasteiger partial charge in [-0.2, -0.15) is 0 Å². The molecule has 0 spiro atoms. The van der Waals surface area contributed by atoms with E-state index in [1.807, 2.05) is 0 Å². The number of aliphatic imine (C=N–C) groups is 1. The second-order valence-electron chi connectivity index (χ2n) is 7.43. The van der Waals surface area contributed by atoms with E-state index in [4.69, 9.17) is 9.73 Å². The number of piperidine rings is 1. The smallest absolute Gasteiger partial charge is 0.202 e. The Labute approximate surface area is 150 Å². The van der Waals surface area contributed by atoms with Crippen LogP contribution in [0, 0.1) is 5.92 Å². The first kappa shape index (κ1) is 16.3. The molecule has 2 heterocycles. The Balaban J connectivity index is 1.77. The second-order valence-corrected chi connectivity index (χ2v) is 7.43. The topological polar surface area (TPSA) is 33.6 Å². The maximum absolute atomic E-state index is 6.22. The van der Waals surface area contributed by atoms with Gasteiger partial charge in [-0.3, -0.25) is 0 Å². The van der Waals surface area contributed by atoms with Crippen LogP contribution in [0.2, 0.25) is 0 Å². The molecule has 1 fully saturated rings. The molecule has 2 aliphatic rings. The third-order valence-corrected chi connectivity index (χ3v) is 5.59. The molecule has 4 rings (SSSR count). The van der Waals surface area contributed by atoms with Crippen molar-refractivity contribution in [2.45, 2.75) is 44.3 Å². The molecule has 3 nitrogen and oxygen atoms in total. The van der Waals surface area contributed by atoms with E-state index in [0.29, 0.717) is 18.6 Å². The van der Waals surface area contributed by atoms with Crippen LogP contribution in [0.1, 0.15) is 37.8 Å². The summed E-state index contributed by atoms with van der Waals surface area (Å²) in [6.45, 7) is 5.10. The van der Waals surface area contributed by atoms with Crippen LogP contribution in [0.4, 0.5) is 0 Å². The molecule has 3 heteroatoms. The third kappa shape index (κ3) is 2.98. The van der Waals surface area contributed by atoms with Crippen LogP contribution in [-0.4, -0.2) is 24.6 Å². The first-order chi connectivity index (χ1) is 12.2. The van der Waals surface area contributed by atoms with Crippen molar-refractivity contribution in [3.05, 3.63) is 71.8 Å². The lowest BCUT2D eigenvalue weighted by Crippen LogP contribution is -2.50. The zero-order valence-electron chi connectivity index (χ0n) is 15.0. The van der Waals surface area contributed by atoms with Crippen molar-refractivity contribution in [1.29, 1.82) is 0 Å². The van der Waals surface area contributed by atoms with Gasteiger partial charge in [-0.1, -0.05) is 67.6 Å². The van der Waals surface area contributed by atoms with Gasteiger partial charge in [-0.05, 0) is 36.8 Å². The van der Waals surface area contributed by atoms with E-state index in [9.17, 15) is 0 Å². The summed E-state index contributed by atoms with van der Waals surface area (Å²) in [4.78, 5) is 5.20. The molecule has 0 bridgehead atoms. The Kier molecular flexibility index (Phi) is 4.34. The lowest BCUT2D eigenvalue weighted by atomic mass is 9.84. The van der Waals surface area contributed by atoms with E-state index in [1.54, 1.807) is 0 Å². The average Bonchev–Trinajstić information content (AvgIpc) is 3.12. The van der Waals surface area contributed by atoms with Gasteiger partial charge in [0.1, 0.15) is 12.1 Å². The zero-order valence-corrected chi connectivity index (χ0v) is 15.0. The molecule has 25 heavy (non-hydrogen) atoms. The van der Waals surface area contributed by atoms with Crippen molar-refractivity contribution in [2.75, 3.05) is 6.61 Å². The van der Waals surface area contributed by atoms with Crippen molar-refractivity contribution in [1.82, 2.24) is 5.32 Å². The second kappa shape index (κ2) is 6.64. The molecule has 0 saturated carbocycles. The normalized spacial score (nSPS) is 28.2. The van der Waals surface area contributed by atoms with Crippen molar-refractivity contribution in [3.63, 3.8) is 0 Å². The molecule has 0 aliphatic carbocycles. The highest BCUT2D eigenvalue weighted by Gasteiger charge is 2.43. The summed E-state index contributed by atoms with van der Waals surface area (Å²) >= 11 is 0. The van der Waals surface area contributed by atoms with E-state index in [-0.39, 0.29) is 6.04 Å². The molecule has 3 atom stereocenters. The molecule has 0 amide bonds. The van der Waals surface area contributed by atoms with Crippen LogP contribution in [0.5, 0.6) is 0 Å². The van der Waals surface area contributed by atoms with Crippen LogP contribution in [-0.2, 0) is 10.3 Å². The van der Waals surface area contributed by atoms with Gasteiger partial charge in [-0.15, -0.1) is 0 Å². The van der Waals surface area contributed by atoms with Gasteiger partial charge in [0.2, 0.25) is 5.90 Å². The predicted octanol–water partition coefficient (Wildman–Crippen LogP) is 4.14. The monoisotopic (exact) mass is 334 g/mol. The van der Waals surface area contributed by atoms with Crippen LogP contribution in [0.15, 0.2) is 65.7 Å². The molecule has 130 valence electrons. The van der Waals surface area contributed by atoms with Crippen LogP contribution < -0.4 is 5.32 Å². The van der Waals surface area contributed by atoms with Gasteiger partial charge in [0, 0.05) is 6.04 Å². The number of rotatable bonds is 3. The fraction of sp³-hybridized carbons (Fsp3) is 0.409. The highest BCUT2D eigenvalue weighted by Crippen LogP contribution is 2.39. The molecule has 0 radical (unpaired) electrons. The van der Waals surface area contributed by atoms with Crippen molar-refractivity contribution in [3.8, 4) is 0 Å². The SMILES string of the molecule is CC1CCC(C)C(C2=NC(c3ccccc3)(c3ccccc3)CO2)N1. The highest BCUT2D eigenvalue weighted by molar-refractivity contribution is 5.85. The van der Waals surface area contributed by atoms with Crippen molar-refractivity contribution >= 4 is 5.90 Å². The van der Waals surface area contributed by atoms with Gasteiger partial charge < -0.3 is 10.1 Å². The fourth-order valence-corrected chi connectivity index (χ4v) is 4.03. The Bertz CT molecular complexity index is 702. The number of nitrogens with zero attached hydrogens (tertiary/aromatic N) is 1. The summed E-state index contributed by atoms with van der Waals surface area (Å²) < 4.78 is 6.22. The molecule has 2 aromatic rings. The lowest BCUT2D eigenvalue weighted by molar-refractivity contribution is 0.235. The average molecular weight is 334 g/mol. The van der Waals surface area contributed by atoms with Crippen LogP contribution in [0.3, 0.4) is 0 Å². The molecule has 2 aromatic carbocycles. The van der Waals surface area contributed by atoms with Crippen LogP contribution >= 0.6 is 0 Å². The number of benzene rings is 2. The summed E-state index contributed by atoms with van der Waals surface area (Å²) in [5, 5.41) is 3.69. The van der Waals surface area contributed by atoms with Crippen molar-refractivity contribution < 1.29 is 4.74 Å². The molecule has 0 aromatic heterocycles. The molecule has 1 N–H and O–H groups in total. The Hall–Kier alpha value is -2.13. The largest absolute Gasteiger partial charge is 0.476 e. The van der Waals surface area contributed by atoms with E-state index in [1.165, 1.54) is 24.0 Å². The van der Waals surface area contributed by atoms with Gasteiger partial charge in [0.25, 0.3) is 0 Å². The summed E-state index contributed by atoms with van der Waals surface area (Å²) in [5.41, 5.74) is 1.93. The highest BCUT2D eigenvalue weighted by atomic mass is 16.5. The first-order valence-corrected chi connectivity index (χ1v) is 9.29.